The number of fused-ring (bicyclic) bond motifs is 1. The highest BCUT2D eigenvalue weighted by Crippen LogP contribution is 2.33. The van der Waals surface area contributed by atoms with Crippen molar-refractivity contribution >= 4 is 17.4 Å². The molecule has 0 aromatic heterocycles. The van der Waals surface area contributed by atoms with Crippen LogP contribution >= 0.6 is 0 Å². The maximum atomic E-state index is 12.4. The van der Waals surface area contributed by atoms with Gasteiger partial charge in [0.05, 0.1) is 12.2 Å². The standard InChI is InChI=1S/C19H23N3O2/c1-14-5-4-6-15(11-14)13-22(3)19(23)20-16-7-8-17-18(12-16)24-10-9-21(17)2/h4-8,11-12H,9-10,13H2,1-3H3,(H,20,23). The fraction of sp³-hybridized carbons (Fsp3) is 0.316. The van der Waals surface area contributed by atoms with Crippen molar-refractivity contribution in [3.05, 3.63) is 53.6 Å². The summed E-state index contributed by atoms with van der Waals surface area (Å²) in [4.78, 5) is 16.2. The van der Waals surface area contributed by atoms with Crippen LogP contribution in [-0.2, 0) is 6.54 Å². The molecule has 24 heavy (non-hydrogen) atoms. The van der Waals surface area contributed by atoms with Gasteiger partial charge in [-0.15, -0.1) is 0 Å². The minimum atomic E-state index is -0.138. The van der Waals surface area contributed by atoms with E-state index in [9.17, 15) is 4.79 Å². The molecule has 0 spiro atoms. The molecular formula is C19H23N3O2. The Bertz CT molecular complexity index is 745. The van der Waals surface area contributed by atoms with Crippen molar-refractivity contribution in [2.24, 2.45) is 0 Å². The Hall–Kier alpha value is -2.69. The zero-order valence-electron chi connectivity index (χ0n) is 14.4. The second kappa shape index (κ2) is 6.83. The second-order valence-electron chi connectivity index (χ2n) is 6.23. The van der Waals surface area contributed by atoms with Crippen LogP contribution in [0.15, 0.2) is 42.5 Å². The Kier molecular flexibility index (Phi) is 4.60. The third kappa shape index (κ3) is 3.62. The molecule has 2 aromatic rings. The summed E-state index contributed by atoms with van der Waals surface area (Å²) in [5.41, 5.74) is 4.10. The quantitative estimate of drug-likeness (QED) is 0.939. The highest BCUT2D eigenvalue weighted by Gasteiger charge is 2.16. The number of anilines is 2. The molecule has 5 nitrogen and oxygen atoms in total. The highest BCUT2D eigenvalue weighted by molar-refractivity contribution is 5.90. The van der Waals surface area contributed by atoms with Gasteiger partial charge in [0.15, 0.2) is 0 Å². The van der Waals surface area contributed by atoms with Crippen molar-refractivity contribution in [3.63, 3.8) is 0 Å². The molecule has 0 bridgehead atoms. The molecule has 5 heteroatoms. The van der Waals surface area contributed by atoms with Crippen LogP contribution in [-0.4, -0.2) is 38.2 Å². The number of urea groups is 1. The van der Waals surface area contributed by atoms with Gasteiger partial charge in [0.1, 0.15) is 12.4 Å². The summed E-state index contributed by atoms with van der Waals surface area (Å²) in [7, 11) is 3.83. The van der Waals surface area contributed by atoms with Crippen LogP contribution in [0.3, 0.4) is 0 Å². The largest absolute Gasteiger partial charge is 0.489 e. The number of rotatable bonds is 3. The predicted octanol–water partition coefficient (Wildman–Crippen LogP) is 3.49. The van der Waals surface area contributed by atoms with E-state index in [-0.39, 0.29) is 6.03 Å². The van der Waals surface area contributed by atoms with Crippen LogP contribution in [0.4, 0.5) is 16.2 Å². The first kappa shape index (κ1) is 16.2. The topological polar surface area (TPSA) is 44.8 Å². The lowest BCUT2D eigenvalue weighted by Crippen LogP contribution is -2.31. The SMILES string of the molecule is Cc1cccc(CN(C)C(=O)Nc2ccc3c(c2)OCCN3C)c1. The molecule has 1 aliphatic heterocycles. The number of benzene rings is 2. The summed E-state index contributed by atoms with van der Waals surface area (Å²) in [5, 5.41) is 2.93. The van der Waals surface area contributed by atoms with E-state index in [0.29, 0.717) is 13.2 Å². The first-order chi connectivity index (χ1) is 11.5. The van der Waals surface area contributed by atoms with Gasteiger partial charge < -0.3 is 19.9 Å². The Morgan fingerprint density at radius 3 is 2.92 bits per heavy atom. The summed E-state index contributed by atoms with van der Waals surface area (Å²) in [6, 6.07) is 13.8. The molecular weight excluding hydrogens is 302 g/mol. The molecule has 0 radical (unpaired) electrons. The van der Waals surface area contributed by atoms with E-state index >= 15 is 0 Å². The van der Waals surface area contributed by atoms with E-state index in [1.807, 2.05) is 50.4 Å². The Labute approximate surface area is 142 Å². The summed E-state index contributed by atoms with van der Waals surface area (Å²) >= 11 is 0. The van der Waals surface area contributed by atoms with E-state index in [1.165, 1.54) is 5.56 Å². The molecule has 0 saturated carbocycles. The number of nitrogens with zero attached hydrogens (tertiary/aromatic N) is 2. The lowest BCUT2D eigenvalue weighted by Gasteiger charge is -2.28. The van der Waals surface area contributed by atoms with Gasteiger partial charge >= 0.3 is 6.03 Å². The number of carbonyl (C=O) groups is 1. The number of hydrogen-bond acceptors (Lipinski definition) is 3. The monoisotopic (exact) mass is 325 g/mol. The molecule has 126 valence electrons. The number of ether oxygens (including phenoxy) is 1. The third-order valence-corrected chi connectivity index (χ3v) is 4.16. The van der Waals surface area contributed by atoms with E-state index in [2.05, 4.69) is 16.3 Å². The summed E-state index contributed by atoms with van der Waals surface area (Å²) in [6.45, 7) is 4.15. The number of likely N-dealkylation sites (N-methyl/N-ethyl adjacent to an activating group) is 1. The minimum absolute atomic E-state index is 0.138. The molecule has 0 saturated heterocycles. The minimum Gasteiger partial charge on any atom is -0.489 e. The molecule has 0 fully saturated rings. The molecule has 0 aliphatic carbocycles. The highest BCUT2D eigenvalue weighted by atomic mass is 16.5. The lowest BCUT2D eigenvalue weighted by atomic mass is 10.1. The van der Waals surface area contributed by atoms with E-state index < -0.39 is 0 Å². The van der Waals surface area contributed by atoms with Crippen molar-refractivity contribution in [1.29, 1.82) is 0 Å². The van der Waals surface area contributed by atoms with Crippen molar-refractivity contribution in [2.45, 2.75) is 13.5 Å². The first-order valence-electron chi connectivity index (χ1n) is 8.08. The van der Waals surface area contributed by atoms with Gasteiger partial charge in [-0.25, -0.2) is 4.79 Å². The van der Waals surface area contributed by atoms with Gasteiger partial charge in [-0.05, 0) is 24.6 Å². The number of carbonyl (C=O) groups excluding carboxylic acids is 1. The molecule has 3 rings (SSSR count). The molecule has 1 aliphatic rings. The molecule has 2 aromatic carbocycles. The number of nitrogens with one attached hydrogen (secondary N) is 1. The lowest BCUT2D eigenvalue weighted by molar-refractivity contribution is 0.220. The number of hydrogen-bond donors (Lipinski definition) is 1. The summed E-state index contributed by atoms with van der Waals surface area (Å²) in [6.07, 6.45) is 0. The zero-order chi connectivity index (χ0) is 17.1. The van der Waals surface area contributed by atoms with Crippen molar-refractivity contribution in [2.75, 3.05) is 37.5 Å². The van der Waals surface area contributed by atoms with Crippen LogP contribution in [0.5, 0.6) is 5.75 Å². The third-order valence-electron chi connectivity index (χ3n) is 4.16. The van der Waals surface area contributed by atoms with Gasteiger partial charge in [-0.3, -0.25) is 0 Å². The van der Waals surface area contributed by atoms with Crippen LogP contribution in [0.25, 0.3) is 0 Å². The van der Waals surface area contributed by atoms with Crippen LogP contribution < -0.4 is 15.0 Å². The number of aryl methyl sites for hydroxylation is 1. The van der Waals surface area contributed by atoms with Crippen LogP contribution in [0, 0.1) is 6.92 Å². The average molecular weight is 325 g/mol. The van der Waals surface area contributed by atoms with Crippen LogP contribution in [0.2, 0.25) is 0 Å². The fourth-order valence-corrected chi connectivity index (χ4v) is 2.81. The number of amides is 2. The normalized spacial score (nSPS) is 13.0. The van der Waals surface area contributed by atoms with Crippen molar-refractivity contribution < 1.29 is 9.53 Å². The zero-order valence-corrected chi connectivity index (χ0v) is 14.4. The average Bonchev–Trinajstić information content (AvgIpc) is 2.55. The second-order valence-corrected chi connectivity index (χ2v) is 6.23. The van der Waals surface area contributed by atoms with Gasteiger partial charge in [0, 0.05) is 32.4 Å². The van der Waals surface area contributed by atoms with Gasteiger partial charge in [-0.1, -0.05) is 29.8 Å². The van der Waals surface area contributed by atoms with Gasteiger partial charge in [-0.2, -0.15) is 0 Å². The molecule has 0 unspecified atom stereocenters. The van der Waals surface area contributed by atoms with E-state index in [0.717, 1.165) is 29.2 Å². The van der Waals surface area contributed by atoms with Gasteiger partial charge in [0.2, 0.25) is 0 Å². The fourth-order valence-electron chi connectivity index (χ4n) is 2.81. The maximum Gasteiger partial charge on any atom is 0.321 e. The smallest absolute Gasteiger partial charge is 0.321 e. The van der Waals surface area contributed by atoms with E-state index in [4.69, 9.17) is 4.74 Å². The molecule has 0 atom stereocenters. The van der Waals surface area contributed by atoms with Gasteiger partial charge in [0.25, 0.3) is 0 Å². The Balaban J connectivity index is 1.66. The maximum absolute atomic E-state index is 12.4. The summed E-state index contributed by atoms with van der Waals surface area (Å²) in [5.74, 6) is 0.808. The Morgan fingerprint density at radius 2 is 2.12 bits per heavy atom. The summed E-state index contributed by atoms with van der Waals surface area (Å²) < 4.78 is 5.68. The Morgan fingerprint density at radius 1 is 1.29 bits per heavy atom. The van der Waals surface area contributed by atoms with Crippen molar-refractivity contribution in [3.8, 4) is 5.75 Å². The van der Waals surface area contributed by atoms with Crippen LogP contribution in [0.1, 0.15) is 11.1 Å². The molecule has 1 heterocycles. The molecule has 1 N–H and O–H groups in total. The van der Waals surface area contributed by atoms with E-state index in [1.54, 1.807) is 11.9 Å². The molecule has 2 amide bonds. The first-order valence-corrected chi connectivity index (χ1v) is 8.08. The van der Waals surface area contributed by atoms with Crippen molar-refractivity contribution in [1.82, 2.24) is 4.90 Å². The predicted molar refractivity (Wildman–Crippen MR) is 96.9 cm³/mol.